The van der Waals surface area contributed by atoms with Gasteiger partial charge in [0.2, 0.25) is 0 Å². The van der Waals surface area contributed by atoms with Crippen molar-refractivity contribution in [3.05, 3.63) is 71.3 Å². The number of carbonyl (C=O) groups is 2. The first-order chi connectivity index (χ1) is 11.0. The first-order valence-electron chi connectivity index (χ1n) is 7.05. The fraction of sp³-hybridized carbons (Fsp3) is 0.111. The highest BCUT2D eigenvalue weighted by molar-refractivity contribution is 6.30. The lowest BCUT2D eigenvalue weighted by Gasteiger charge is -2.12. The fourth-order valence-electron chi connectivity index (χ4n) is 1.81. The van der Waals surface area contributed by atoms with Crippen molar-refractivity contribution in [2.24, 2.45) is 0 Å². The van der Waals surface area contributed by atoms with Crippen LogP contribution in [0.4, 0.5) is 5.69 Å². The van der Waals surface area contributed by atoms with Crippen LogP contribution in [0.25, 0.3) is 6.08 Å². The molecule has 1 atom stereocenters. The minimum Gasteiger partial charge on any atom is -0.449 e. The number of rotatable bonds is 5. The van der Waals surface area contributed by atoms with E-state index in [0.717, 1.165) is 5.56 Å². The molecule has 0 aliphatic carbocycles. The summed E-state index contributed by atoms with van der Waals surface area (Å²) in [4.78, 5) is 23.7. The zero-order valence-electron chi connectivity index (χ0n) is 12.5. The van der Waals surface area contributed by atoms with Crippen LogP contribution in [0, 0.1) is 0 Å². The number of hydrogen-bond donors (Lipinski definition) is 1. The molecular formula is C18H16ClNO3. The van der Waals surface area contributed by atoms with Crippen LogP contribution in [-0.2, 0) is 14.3 Å². The van der Waals surface area contributed by atoms with Crippen LogP contribution in [-0.4, -0.2) is 18.0 Å². The summed E-state index contributed by atoms with van der Waals surface area (Å²) in [5.41, 5.74) is 1.42. The molecule has 5 heteroatoms. The summed E-state index contributed by atoms with van der Waals surface area (Å²) in [6.07, 6.45) is 1.94. The van der Waals surface area contributed by atoms with Gasteiger partial charge in [-0.2, -0.15) is 0 Å². The topological polar surface area (TPSA) is 55.4 Å². The Morgan fingerprint density at radius 2 is 1.87 bits per heavy atom. The first kappa shape index (κ1) is 16.8. The van der Waals surface area contributed by atoms with Gasteiger partial charge in [0.1, 0.15) is 0 Å². The van der Waals surface area contributed by atoms with Crippen LogP contribution >= 0.6 is 11.6 Å². The maximum Gasteiger partial charge on any atom is 0.331 e. The van der Waals surface area contributed by atoms with Crippen LogP contribution in [0.1, 0.15) is 12.5 Å². The SMILES string of the molecule is C[C@@H](OC(=O)/C=C/c1cccc(Cl)c1)C(=O)Nc1ccccc1. The molecule has 4 nitrogen and oxygen atoms in total. The zero-order valence-corrected chi connectivity index (χ0v) is 13.3. The first-order valence-corrected chi connectivity index (χ1v) is 7.42. The van der Waals surface area contributed by atoms with Gasteiger partial charge in [-0.1, -0.05) is 41.9 Å². The van der Waals surface area contributed by atoms with Gasteiger partial charge in [0.05, 0.1) is 0 Å². The minimum absolute atomic E-state index is 0.388. The molecule has 0 saturated carbocycles. The van der Waals surface area contributed by atoms with E-state index in [0.29, 0.717) is 10.7 Å². The molecule has 0 fully saturated rings. The quantitative estimate of drug-likeness (QED) is 0.668. The van der Waals surface area contributed by atoms with E-state index in [9.17, 15) is 9.59 Å². The number of para-hydroxylation sites is 1. The van der Waals surface area contributed by atoms with E-state index in [4.69, 9.17) is 16.3 Å². The Hall–Kier alpha value is -2.59. The van der Waals surface area contributed by atoms with Crippen molar-refractivity contribution in [2.45, 2.75) is 13.0 Å². The van der Waals surface area contributed by atoms with E-state index >= 15 is 0 Å². The molecule has 118 valence electrons. The van der Waals surface area contributed by atoms with Crippen molar-refractivity contribution in [1.29, 1.82) is 0 Å². The molecule has 1 N–H and O–H groups in total. The molecule has 1 amide bonds. The molecule has 0 saturated heterocycles. The standard InChI is InChI=1S/C18H16ClNO3/c1-13(18(22)20-16-8-3-2-4-9-16)23-17(21)11-10-14-6-5-7-15(19)12-14/h2-13H,1H3,(H,20,22)/b11-10+/t13-/m1/s1. The van der Waals surface area contributed by atoms with Gasteiger partial charge in [-0.3, -0.25) is 4.79 Å². The second-order valence-electron chi connectivity index (χ2n) is 4.82. The van der Waals surface area contributed by atoms with Gasteiger partial charge in [0.25, 0.3) is 5.91 Å². The van der Waals surface area contributed by atoms with Crippen molar-refractivity contribution in [2.75, 3.05) is 5.32 Å². The average Bonchev–Trinajstić information content (AvgIpc) is 2.54. The number of esters is 1. The number of ether oxygens (including phenoxy) is 1. The van der Waals surface area contributed by atoms with E-state index in [2.05, 4.69) is 5.32 Å². The van der Waals surface area contributed by atoms with Gasteiger partial charge in [-0.25, -0.2) is 4.79 Å². The van der Waals surface area contributed by atoms with Gasteiger partial charge in [-0.05, 0) is 42.8 Å². The van der Waals surface area contributed by atoms with Gasteiger partial charge >= 0.3 is 5.97 Å². The van der Waals surface area contributed by atoms with Crippen molar-refractivity contribution < 1.29 is 14.3 Å². The highest BCUT2D eigenvalue weighted by Crippen LogP contribution is 2.12. The van der Waals surface area contributed by atoms with E-state index < -0.39 is 12.1 Å². The fourth-order valence-corrected chi connectivity index (χ4v) is 2.01. The van der Waals surface area contributed by atoms with Crippen LogP contribution < -0.4 is 5.32 Å². The Labute approximate surface area is 139 Å². The zero-order chi connectivity index (χ0) is 16.7. The number of halogens is 1. The molecule has 2 aromatic carbocycles. The summed E-state index contributed by atoms with van der Waals surface area (Å²) in [5, 5.41) is 3.25. The molecule has 0 radical (unpaired) electrons. The summed E-state index contributed by atoms with van der Waals surface area (Å²) < 4.78 is 5.07. The molecule has 0 spiro atoms. The van der Waals surface area contributed by atoms with Crippen molar-refractivity contribution in [3.63, 3.8) is 0 Å². The van der Waals surface area contributed by atoms with Crippen LogP contribution in [0.15, 0.2) is 60.7 Å². The number of hydrogen-bond acceptors (Lipinski definition) is 3. The number of nitrogens with one attached hydrogen (secondary N) is 1. The third-order valence-electron chi connectivity index (χ3n) is 2.96. The lowest BCUT2D eigenvalue weighted by molar-refractivity contribution is -0.148. The van der Waals surface area contributed by atoms with E-state index in [1.54, 1.807) is 54.6 Å². The van der Waals surface area contributed by atoms with Crippen molar-refractivity contribution in [3.8, 4) is 0 Å². The Morgan fingerprint density at radius 1 is 1.13 bits per heavy atom. The minimum atomic E-state index is -0.897. The molecule has 0 unspecified atom stereocenters. The van der Waals surface area contributed by atoms with Crippen LogP contribution in [0.3, 0.4) is 0 Å². The highest BCUT2D eigenvalue weighted by atomic mass is 35.5. The molecule has 0 heterocycles. The largest absolute Gasteiger partial charge is 0.449 e. The predicted molar refractivity (Wildman–Crippen MR) is 91.1 cm³/mol. The smallest absolute Gasteiger partial charge is 0.331 e. The number of carbonyl (C=O) groups excluding carboxylic acids is 2. The number of benzene rings is 2. The predicted octanol–water partition coefficient (Wildman–Crippen LogP) is 3.92. The molecule has 0 aliphatic heterocycles. The third kappa shape index (κ3) is 5.60. The Balaban J connectivity index is 1.88. The highest BCUT2D eigenvalue weighted by Gasteiger charge is 2.16. The lowest BCUT2D eigenvalue weighted by Crippen LogP contribution is -2.29. The molecule has 0 aliphatic rings. The maximum atomic E-state index is 11.9. The molecular weight excluding hydrogens is 314 g/mol. The Kier molecular flexibility index (Phi) is 5.94. The molecule has 0 aromatic heterocycles. The van der Waals surface area contributed by atoms with Crippen LogP contribution in [0.2, 0.25) is 5.02 Å². The van der Waals surface area contributed by atoms with E-state index in [-0.39, 0.29) is 5.91 Å². The maximum absolute atomic E-state index is 11.9. The summed E-state index contributed by atoms with van der Waals surface area (Å²) in [6.45, 7) is 1.52. The molecule has 2 aromatic rings. The summed E-state index contributed by atoms with van der Waals surface area (Å²) in [6, 6.07) is 16.0. The average molecular weight is 330 g/mol. The lowest BCUT2D eigenvalue weighted by atomic mass is 10.2. The van der Waals surface area contributed by atoms with Crippen LogP contribution in [0.5, 0.6) is 0 Å². The number of amides is 1. The van der Waals surface area contributed by atoms with Gasteiger partial charge in [0, 0.05) is 16.8 Å². The summed E-state index contributed by atoms with van der Waals surface area (Å²) >= 11 is 5.86. The molecule has 2 rings (SSSR count). The second kappa shape index (κ2) is 8.15. The van der Waals surface area contributed by atoms with Crippen molar-refractivity contribution >= 4 is 35.2 Å². The second-order valence-corrected chi connectivity index (χ2v) is 5.26. The third-order valence-corrected chi connectivity index (χ3v) is 3.20. The van der Waals surface area contributed by atoms with E-state index in [1.807, 2.05) is 6.07 Å². The monoisotopic (exact) mass is 329 g/mol. The normalized spacial score (nSPS) is 11.9. The summed E-state index contributed by atoms with van der Waals surface area (Å²) in [5.74, 6) is -0.985. The molecule has 0 bridgehead atoms. The van der Waals surface area contributed by atoms with Gasteiger partial charge in [0.15, 0.2) is 6.10 Å². The number of anilines is 1. The van der Waals surface area contributed by atoms with E-state index in [1.165, 1.54) is 13.0 Å². The summed E-state index contributed by atoms with van der Waals surface area (Å²) in [7, 11) is 0. The Morgan fingerprint density at radius 3 is 2.57 bits per heavy atom. The van der Waals surface area contributed by atoms with Gasteiger partial charge < -0.3 is 10.1 Å². The van der Waals surface area contributed by atoms with Gasteiger partial charge in [-0.15, -0.1) is 0 Å². The molecule has 23 heavy (non-hydrogen) atoms. The Bertz CT molecular complexity index is 713. The van der Waals surface area contributed by atoms with Crippen molar-refractivity contribution in [1.82, 2.24) is 0 Å².